The van der Waals surface area contributed by atoms with E-state index in [-0.39, 0.29) is 47.3 Å². The number of fused-ring (bicyclic) bond motifs is 3. The molecule has 2 aromatic carbocycles. The summed E-state index contributed by atoms with van der Waals surface area (Å²) < 4.78 is 6.14. The standard InChI is InChI=1S/C32H37BN2O7/c1-3-7-20(15-21-9-5-12-25(36)16-21)13-14-28-29-22(8-4-2)17-26-30(27(29)19-33(39)42-28)32(38)34(31(26)37)23-10-6-11-24(18-23)35(40)41/h5-6,9-12,15-16,18,26-28,30,36,39H,3-4,7-8,13-14,17,19H2,1-2H3/b20-15+/t26-,27+,28-,30-/m1/s1. The Labute approximate surface area is 246 Å². The van der Waals surface area contributed by atoms with Crippen LogP contribution in [0.4, 0.5) is 11.4 Å². The Bertz CT molecular complexity index is 1440. The van der Waals surface area contributed by atoms with Gasteiger partial charge in [-0.1, -0.05) is 62.1 Å². The van der Waals surface area contributed by atoms with Crippen LogP contribution in [-0.4, -0.2) is 40.1 Å². The molecule has 2 saturated heterocycles. The summed E-state index contributed by atoms with van der Waals surface area (Å²) in [6.07, 6.45) is 7.18. The fourth-order valence-electron chi connectivity index (χ4n) is 7.06. The summed E-state index contributed by atoms with van der Waals surface area (Å²) in [6.45, 7) is 4.20. The quantitative estimate of drug-likeness (QED) is 0.116. The van der Waals surface area contributed by atoms with Crippen LogP contribution in [0.5, 0.6) is 5.75 Å². The molecular formula is C32H37BN2O7. The molecule has 5 rings (SSSR count). The van der Waals surface area contributed by atoms with Gasteiger partial charge in [-0.3, -0.25) is 19.7 Å². The number of non-ortho nitro benzene ring substituents is 1. The fourth-order valence-corrected chi connectivity index (χ4v) is 7.06. The first-order valence-corrected chi connectivity index (χ1v) is 14.9. The van der Waals surface area contributed by atoms with Crippen LogP contribution in [0.25, 0.3) is 6.08 Å². The van der Waals surface area contributed by atoms with E-state index in [2.05, 4.69) is 19.9 Å². The van der Waals surface area contributed by atoms with Gasteiger partial charge in [-0.2, -0.15) is 0 Å². The van der Waals surface area contributed by atoms with E-state index in [0.717, 1.165) is 53.7 Å². The number of allylic oxidation sites excluding steroid dienone is 2. The molecule has 2 N–H and O–H groups in total. The summed E-state index contributed by atoms with van der Waals surface area (Å²) >= 11 is 0. The number of rotatable bonds is 10. The van der Waals surface area contributed by atoms with Crippen LogP contribution in [-0.2, 0) is 14.2 Å². The van der Waals surface area contributed by atoms with Crippen molar-refractivity contribution in [3.05, 3.63) is 80.9 Å². The highest BCUT2D eigenvalue weighted by molar-refractivity contribution is 6.43. The smallest absolute Gasteiger partial charge is 0.455 e. The molecule has 0 unspecified atom stereocenters. The highest BCUT2D eigenvalue weighted by Crippen LogP contribution is 2.52. The molecule has 0 radical (unpaired) electrons. The zero-order valence-electron chi connectivity index (χ0n) is 24.1. The molecular weight excluding hydrogens is 535 g/mol. The molecule has 3 aliphatic rings. The summed E-state index contributed by atoms with van der Waals surface area (Å²) in [4.78, 5) is 39.6. The van der Waals surface area contributed by atoms with Crippen molar-refractivity contribution in [1.82, 2.24) is 0 Å². The van der Waals surface area contributed by atoms with Crippen LogP contribution in [0.15, 0.2) is 65.3 Å². The van der Waals surface area contributed by atoms with Crippen molar-refractivity contribution in [2.45, 2.75) is 71.2 Å². The van der Waals surface area contributed by atoms with Crippen LogP contribution >= 0.6 is 0 Å². The number of amides is 2. The molecule has 2 aliphatic heterocycles. The third-order valence-corrected chi connectivity index (χ3v) is 8.70. The minimum absolute atomic E-state index is 0.184. The number of nitro groups is 1. The highest BCUT2D eigenvalue weighted by atomic mass is 16.6. The van der Waals surface area contributed by atoms with Gasteiger partial charge in [-0.05, 0) is 73.7 Å². The molecule has 0 saturated carbocycles. The number of hydrogen-bond donors (Lipinski definition) is 2. The maximum absolute atomic E-state index is 13.9. The van der Waals surface area contributed by atoms with Gasteiger partial charge < -0.3 is 14.8 Å². The average molecular weight is 572 g/mol. The molecule has 0 spiro atoms. The van der Waals surface area contributed by atoms with Crippen molar-refractivity contribution >= 4 is 36.4 Å². The van der Waals surface area contributed by atoms with E-state index in [1.54, 1.807) is 18.2 Å². The van der Waals surface area contributed by atoms with E-state index in [1.165, 1.54) is 23.8 Å². The number of phenols is 1. The first kappa shape index (κ1) is 29.7. The summed E-state index contributed by atoms with van der Waals surface area (Å²) in [6, 6.07) is 12.8. The minimum atomic E-state index is -1.06. The van der Waals surface area contributed by atoms with E-state index < -0.39 is 23.9 Å². The number of phenolic OH excluding ortho intramolecular Hbond substituents is 1. The zero-order chi connectivity index (χ0) is 30.0. The number of carbonyl (C=O) groups is 2. The molecule has 9 nitrogen and oxygen atoms in total. The van der Waals surface area contributed by atoms with E-state index in [9.17, 15) is 29.8 Å². The fraction of sp³-hybridized carbons (Fsp3) is 0.438. The summed E-state index contributed by atoms with van der Waals surface area (Å²) in [5, 5.41) is 32.1. The molecule has 42 heavy (non-hydrogen) atoms. The Balaban J connectivity index is 1.45. The van der Waals surface area contributed by atoms with E-state index >= 15 is 0 Å². The van der Waals surface area contributed by atoms with Gasteiger partial charge in [0, 0.05) is 12.1 Å². The lowest BCUT2D eigenvalue weighted by atomic mass is 9.58. The second kappa shape index (κ2) is 12.6. The first-order valence-electron chi connectivity index (χ1n) is 14.9. The van der Waals surface area contributed by atoms with Crippen LogP contribution in [0.2, 0.25) is 6.32 Å². The van der Waals surface area contributed by atoms with Crippen molar-refractivity contribution in [2.75, 3.05) is 4.90 Å². The van der Waals surface area contributed by atoms with Gasteiger partial charge in [0.25, 0.3) is 5.69 Å². The number of aromatic hydroxyl groups is 1. The Morgan fingerprint density at radius 3 is 2.60 bits per heavy atom. The normalized spacial score (nSPS) is 24.2. The molecule has 2 heterocycles. The second-order valence-corrected chi connectivity index (χ2v) is 11.5. The van der Waals surface area contributed by atoms with Gasteiger partial charge in [0.05, 0.1) is 28.6 Å². The number of anilines is 1. The number of carbonyl (C=O) groups excluding carboxylic acids is 2. The largest absolute Gasteiger partial charge is 0.508 e. The minimum Gasteiger partial charge on any atom is -0.508 e. The summed E-state index contributed by atoms with van der Waals surface area (Å²) in [5.74, 6) is -2.06. The van der Waals surface area contributed by atoms with Gasteiger partial charge >= 0.3 is 7.12 Å². The van der Waals surface area contributed by atoms with Gasteiger partial charge in [0.2, 0.25) is 11.8 Å². The van der Waals surface area contributed by atoms with Gasteiger partial charge in [0.1, 0.15) is 5.75 Å². The molecule has 10 heteroatoms. The number of nitro benzene ring substituents is 1. The van der Waals surface area contributed by atoms with Crippen LogP contribution in [0.3, 0.4) is 0 Å². The Kier molecular flexibility index (Phi) is 8.94. The average Bonchev–Trinajstić information content (AvgIpc) is 3.21. The summed E-state index contributed by atoms with van der Waals surface area (Å²) in [7, 11) is -1.06. The van der Waals surface area contributed by atoms with Crippen molar-refractivity contribution in [2.24, 2.45) is 17.8 Å². The highest BCUT2D eigenvalue weighted by Gasteiger charge is 2.57. The maximum atomic E-state index is 13.9. The lowest BCUT2D eigenvalue weighted by Crippen LogP contribution is -2.46. The zero-order valence-corrected chi connectivity index (χ0v) is 24.1. The topological polar surface area (TPSA) is 130 Å². The predicted octanol–water partition coefficient (Wildman–Crippen LogP) is 6.07. The predicted molar refractivity (Wildman–Crippen MR) is 160 cm³/mol. The number of benzene rings is 2. The third kappa shape index (κ3) is 5.92. The Hall–Kier alpha value is -3.76. The van der Waals surface area contributed by atoms with Gasteiger partial charge in [0.15, 0.2) is 0 Å². The Morgan fingerprint density at radius 2 is 1.88 bits per heavy atom. The molecule has 0 aromatic heterocycles. The molecule has 2 aromatic rings. The van der Waals surface area contributed by atoms with Crippen molar-refractivity contribution in [3.8, 4) is 5.75 Å². The van der Waals surface area contributed by atoms with E-state index in [0.29, 0.717) is 12.8 Å². The SMILES string of the molecule is CCCC1=C2[C@@H](CC/C(=C/c3cccc(O)c3)CCC)OB(O)C[C@@H]2[C@@H]2C(=O)N(c3cccc([N+](=O)[O-])c3)C(=O)[C@@H]2C1. The molecule has 220 valence electrons. The molecule has 2 fully saturated rings. The number of nitrogens with zero attached hydrogens (tertiary/aromatic N) is 2. The summed E-state index contributed by atoms with van der Waals surface area (Å²) in [5.41, 5.74) is 4.31. The molecule has 0 bridgehead atoms. The van der Waals surface area contributed by atoms with Crippen LogP contribution < -0.4 is 4.90 Å². The molecule has 1 aliphatic carbocycles. The van der Waals surface area contributed by atoms with Gasteiger partial charge in [-0.15, -0.1) is 0 Å². The molecule has 4 atom stereocenters. The van der Waals surface area contributed by atoms with E-state index in [1.807, 2.05) is 12.1 Å². The molecule has 2 amide bonds. The monoisotopic (exact) mass is 572 g/mol. The van der Waals surface area contributed by atoms with Gasteiger partial charge in [-0.25, -0.2) is 4.90 Å². The van der Waals surface area contributed by atoms with Crippen molar-refractivity contribution in [3.63, 3.8) is 0 Å². The Morgan fingerprint density at radius 1 is 1.10 bits per heavy atom. The third-order valence-electron chi connectivity index (χ3n) is 8.70. The maximum Gasteiger partial charge on any atom is 0.455 e. The second-order valence-electron chi connectivity index (χ2n) is 11.5. The van der Waals surface area contributed by atoms with Crippen molar-refractivity contribution in [1.29, 1.82) is 0 Å². The van der Waals surface area contributed by atoms with Crippen molar-refractivity contribution < 1.29 is 29.3 Å². The van der Waals surface area contributed by atoms with Crippen LogP contribution in [0.1, 0.15) is 64.4 Å². The number of hydrogen-bond acceptors (Lipinski definition) is 7. The van der Waals surface area contributed by atoms with Crippen LogP contribution in [0, 0.1) is 27.9 Å². The number of imide groups is 1. The lowest BCUT2D eigenvalue weighted by molar-refractivity contribution is -0.384. The van der Waals surface area contributed by atoms with E-state index in [4.69, 9.17) is 4.65 Å². The lowest BCUT2D eigenvalue weighted by Gasteiger charge is -2.43. The first-order chi connectivity index (χ1) is 20.2.